The van der Waals surface area contributed by atoms with Crippen molar-refractivity contribution in [2.45, 2.75) is 33.1 Å². The van der Waals surface area contributed by atoms with E-state index in [1.807, 2.05) is 25.8 Å². The lowest BCUT2D eigenvalue weighted by Crippen LogP contribution is -2.17. The first-order chi connectivity index (χ1) is 7.10. The van der Waals surface area contributed by atoms with Crippen molar-refractivity contribution in [2.75, 3.05) is 18.5 Å². The zero-order valence-electron chi connectivity index (χ0n) is 9.65. The second-order valence-corrected chi connectivity index (χ2v) is 3.49. The quantitative estimate of drug-likeness (QED) is 0.740. The highest BCUT2D eigenvalue weighted by Gasteiger charge is 2.20. The third-order valence-electron chi connectivity index (χ3n) is 2.45. The standard InChI is InChI=1S/C10H17N3O2/c1-5-8(14)7(3)9-11-10(12-15-9)13(4)6-2/h7H,5-6H2,1-4H3. The smallest absolute Gasteiger partial charge is 0.265 e. The first kappa shape index (κ1) is 11.7. The van der Waals surface area contributed by atoms with Gasteiger partial charge in [-0.15, -0.1) is 0 Å². The fourth-order valence-corrected chi connectivity index (χ4v) is 1.14. The van der Waals surface area contributed by atoms with Crippen LogP contribution >= 0.6 is 0 Å². The van der Waals surface area contributed by atoms with Crippen LogP contribution in [0.1, 0.15) is 39.0 Å². The Hall–Kier alpha value is -1.39. The lowest BCUT2D eigenvalue weighted by Gasteiger charge is -2.09. The molecule has 0 saturated heterocycles. The maximum Gasteiger partial charge on any atom is 0.265 e. The summed E-state index contributed by atoms with van der Waals surface area (Å²) in [6.07, 6.45) is 0.489. The Balaban J connectivity index is 2.79. The zero-order chi connectivity index (χ0) is 11.4. The molecule has 5 nitrogen and oxygen atoms in total. The van der Waals surface area contributed by atoms with Gasteiger partial charge in [-0.05, 0) is 19.0 Å². The van der Waals surface area contributed by atoms with E-state index in [2.05, 4.69) is 10.1 Å². The van der Waals surface area contributed by atoms with Crippen molar-refractivity contribution in [1.29, 1.82) is 0 Å². The van der Waals surface area contributed by atoms with E-state index in [1.165, 1.54) is 0 Å². The van der Waals surface area contributed by atoms with Gasteiger partial charge in [0.15, 0.2) is 0 Å². The van der Waals surface area contributed by atoms with Crippen LogP contribution < -0.4 is 4.90 Å². The summed E-state index contributed by atoms with van der Waals surface area (Å²) < 4.78 is 5.05. The van der Waals surface area contributed by atoms with Crippen molar-refractivity contribution in [1.82, 2.24) is 10.1 Å². The van der Waals surface area contributed by atoms with Crippen LogP contribution in [0.3, 0.4) is 0 Å². The van der Waals surface area contributed by atoms with E-state index < -0.39 is 0 Å². The molecule has 1 atom stereocenters. The van der Waals surface area contributed by atoms with Gasteiger partial charge in [-0.2, -0.15) is 4.98 Å². The van der Waals surface area contributed by atoms with E-state index in [9.17, 15) is 4.79 Å². The van der Waals surface area contributed by atoms with Crippen molar-refractivity contribution < 1.29 is 9.32 Å². The van der Waals surface area contributed by atoms with Crippen LogP contribution in [-0.4, -0.2) is 29.5 Å². The highest BCUT2D eigenvalue weighted by molar-refractivity contribution is 5.84. The van der Waals surface area contributed by atoms with Crippen LogP contribution in [0.5, 0.6) is 0 Å². The second kappa shape index (κ2) is 4.91. The Morgan fingerprint density at radius 3 is 2.73 bits per heavy atom. The van der Waals surface area contributed by atoms with Crippen molar-refractivity contribution >= 4 is 11.7 Å². The Labute approximate surface area is 89.5 Å². The number of ketones is 1. The molecular formula is C10H17N3O2. The average molecular weight is 211 g/mol. The van der Waals surface area contributed by atoms with Crippen LogP contribution in [-0.2, 0) is 4.79 Å². The van der Waals surface area contributed by atoms with E-state index in [0.29, 0.717) is 18.3 Å². The molecule has 0 N–H and O–H groups in total. The van der Waals surface area contributed by atoms with Gasteiger partial charge >= 0.3 is 0 Å². The highest BCUT2D eigenvalue weighted by Crippen LogP contribution is 2.18. The van der Waals surface area contributed by atoms with Gasteiger partial charge in [-0.3, -0.25) is 4.79 Å². The predicted molar refractivity (Wildman–Crippen MR) is 57.0 cm³/mol. The van der Waals surface area contributed by atoms with E-state index >= 15 is 0 Å². The number of aromatic nitrogens is 2. The van der Waals surface area contributed by atoms with Crippen LogP contribution in [0.4, 0.5) is 5.95 Å². The molecule has 1 unspecified atom stereocenters. The van der Waals surface area contributed by atoms with Gasteiger partial charge in [0, 0.05) is 20.0 Å². The number of rotatable bonds is 5. The molecule has 0 radical (unpaired) electrons. The average Bonchev–Trinajstić information content (AvgIpc) is 2.75. The number of Topliss-reactive ketones (excluding diaryl/α,β-unsaturated/α-hetero) is 1. The lowest BCUT2D eigenvalue weighted by atomic mass is 10.1. The molecule has 1 heterocycles. The zero-order valence-corrected chi connectivity index (χ0v) is 9.65. The number of hydrogen-bond donors (Lipinski definition) is 0. The number of nitrogens with zero attached hydrogens (tertiary/aromatic N) is 3. The molecule has 0 saturated carbocycles. The minimum Gasteiger partial charge on any atom is -0.342 e. The van der Waals surface area contributed by atoms with Crippen LogP contribution in [0.15, 0.2) is 4.52 Å². The van der Waals surface area contributed by atoms with Gasteiger partial charge < -0.3 is 9.42 Å². The van der Waals surface area contributed by atoms with Crippen LogP contribution in [0, 0.1) is 0 Å². The van der Waals surface area contributed by atoms with Crippen molar-refractivity contribution in [3.8, 4) is 0 Å². The van der Waals surface area contributed by atoms with E-state index in [-0.39, 0.29) is 11.7 Å². The first-order valence-electron chi connectivity index (χ1n) is 5.17. The fraction of sp³-hybridized carbons (Fsp3) is 0.700. The maximum absolute atomic E-state index is 11.4. The van der Waals surface area contributed by atoms with Gasteiger partial charge in [0.25, 0.3) is 5.95 Å². The molecule has 0 fully saturated rings. The first-order valence-corrected chi connectivity index (χ1v) is 5.17. The molecule has 0 aliphatic carbocycles. The van der Waals surface area contributed by atoms with Crippen LogP contribution in [0.25, 0.3) is 0 Å². The van der Waals surface area contributed by atoms with Crippen LogP contribution in [0.2, 0.25) is 0 Å². The maximum atomic E-state index is 11.4. The molecule has 0 amide bonds. The van der Waals surface area contributed by atoms with E-state index in [1.54, 1.807) is 6.92 Å². The predicted octanol–water partition coefficient (Wildman–Crippen LogP) is 1.61. The Morgan fingerprint density at radius 2 is 2.20 bits per heavy atom. The molecule has 0 aliphatic heterocycles. The largest absolute Gasteiger partial charge is 0.342 e. The Morgan fingerprint density at radius 1 is 1.53 bits per heavy atom. The van der Waals surface area contributed by atoms with E-state index in [0.717, 1.165) is 6.54 Å². The number of carbonyl (C=O) groups is 1. The van der Waals surface area contributed by atoms with E-state index in [4.69, 9.17) is 4.52 Å². The summed E-state index contributed by atoms with van der Waals surface area (Å²) in [7, 11) is 1.88. The van der Waals surface area contributed by atoms with Gasteiger partial charge in [-0.1, -0.05) is 6.92 Å². The summed E-state index contributed by atoms with van der Waals surface area (Å²) in [6, 6.07) is 0. The molecule has 0 aromatic carbocycles. The number of hydrogen-bond acceptors (Lipinski definition) is 5. The minimum absolute atomic E-state index is 0.115. The van der Waals surface area contributed by atoms with Crippen molar-refractivity contribution in [3.05, 3.63) is 5.89 Å². The Kier molecular flexibility index (Phi) is 3.82. The SMILES string of the molecule is CCC(=O)C(C)c1nc(N(C)CC)no1. The summed E-state index contributed by atoms with van der Waals surface area (Å²) in [5, 5.41) is 3.81. The van der Waals surface area contributed by atoms with Gasteiger partial charge in [-0.25, -0.2) is 0 Å². The minimum atomic E-state index is -0.304. The molecule has 1 rings (SSSR count). The van der Waals surface area contributed by atoms with Gasteiger partial charge in [0.05, 0.1) is 5.92 Å². The molecule has 1 aromatic rings. The molecule has 15 heavy (non-hydrogen) atoms. The summed E-state index contributed by atoms with van der Waals surface area (Å²) in [6.45, 7) is 6.41. The molecule has 5 heteroatoms. The summed E-state index contributed by atoms with van der Waals surface area (Å²) in [4.78, 5) is 17.5. The van der Waals surface area contributed by atoms with Gasteiger partial charge in [0.1, 0.15) is 5.78 Å². The fourth-order valence-electron chi connectivity index (χ4n) is 1.14. The molecule has 84 valence electrons. The topological polar surface area (TPSA) is 59.2 Å². The Bertz CT molecular complexity index is 335. The number of anilines is 1. The molecular weight excluding hydrogens is 194 g/mol. The molecule has 1 aromatic heterocycles. The molecule has 0 spiro atoms. The number of carbonyl (C=O) groups excluding carboxylic acids is 1. The second-order valence-electron chi connectivity index (χ2n) is 3.49. The summed E-state index contributed by atoms with van der Waals surface area (Å²) in [5.41, 5.74) is 0. The van der Waals surface area contributed by atoms with Crippen molar-refractivity contribution in [3.63, 3.8) is 0 Å². The lowest BCUT2D eigenvalue weighted by molar-refractivity contribution is -0.120. The third kappa shape index (κ3) is 2.55. The molecule has 0 bridgehead atoms. The molecule has 0 aliphatic rings. The third-order valence-corrected chi connectivity index (χ3v) is 2.45. The highest BCUT2D eigenvalue weighted by atomic mass is 16.5. The van der Waals surface area contributed by atoms with Gasteiger partial charge in [0.2, 0.25) is 5.89 Å². The normalized spacial score (nSPS) is 12.5. The summed E-state index contributed by atoms with van der Waals surface area (Å²) >= 11 is 0. The summed E-state index contributed by atoms with van der Waals surface area (Å²) in [5.74, 6) is 0.742. The van der Waals surface area contributed by atoms with Crippen molar-refractivity contribution in [2.24, 2.45) is 0 Å². The monoisotopic (exact) mass is 211 g/mol.